The number of nitrogens with zero attached hydrogens (tertiary/aromatic N) is 2. The predicted molar refractivity (Wildman–Crippen MR) is 214 cm³/mol. The quantitative estimate of drug-likeness (QED) is 0.173. The van der Waals surface area contributed by atoms with Crippen LogP contribution < -0.4 is 14.2 Å². The SMILES string of the molecule is CCCc1cc(O[C@@H]2C[C@@H](C(=O)C[C@]3(C(=O)NS(=O)(=O)OC4(C)CC4)C[C@H]3CC)N(C(=O)[C@@H](CC(=O)OC(C)(C)C)C(C)(C)C)C2)c2ccc(OC)c(Br)c2n1. The highest BCUT2D eigenvalue weighted by Crippen LogP contribution is 2.58. The topological polar surface area (TPSA) is 167 Å². The molecule has 1 aliphatic heterocycles. The van der Waals surface area contributed by atoms with Crippen LogP contribution in [0.5, 0.6) is 11.5 Å². The Balaban J connectivity index is 1.48. The van der Waals surface area contributed by atoms with Crippen molar-refractivity contribution < 1.29 is 46.0 Å². The lowest BCUT2D eigenvalue weighted by Gasteiger charge is -2.35. The van der Waals surface area contributed by atoms with Crippen LogP contribution in [0.25, 0.3) is 10.9 Å². The number of methoxy groups -OCH3 is 1. The van der Waals surface area contributed by atoms with Gasteiger partial charge in [0.25, 0.3) is 0 Å². The number of aromatic nitrogens is 1. The number of carbonyl (C=O) groups is 4. The number of hydrogen-bond donors (Lipinski definition) is 1. The molecule has 1 saturated heterocycles. The second-order valence-corrected chi connectivity index (χ2v) is 20.1. The molecule has 0 bridgehead atoms. The van der Waals surface area contributed by atoms with E-state index >= 15 is 0 Å². The van der Waals surface area contributed by atoms with E-state index in [1.165, 1.54) is 4.90 Å². The summed E-state index contributed by atoms with van der Waals surface area (Å²) in [5.41, 5.74) is -2.13. The highest BCUT2D eigenvalue weighted by Gasteiger charge is 2.62. The molecule has 1 aromatic carbocycles. The molecule has 2 heterocycles. The summed E-state index contributed by atoms with van der Waals surface area (Å²) < 4.78 is 51.6. The molecule has 5 atom stereocenters. The third-order valence-corrected chi connectivity index (χ3v) is 12.9. The maximum atomic E-state index is 14.7. The summed E-state index contributed by atoms with van der Waals surface area (Å²) >= 11 is 3.64. The van der Waals surface area contributed by atoms with Gasteiger partial charge in [0.1, 0.15) is 23.2 Å². The molecule has 1 N–H and O–H groups in total. The van der Waals surface area contributed by atoms with Gasteiger partial charge in [0.15, 0.2) is 5.78 Å². The molecule has 1 aromatic heterocycles. The van der Waals surface area contributed by atoms with E-state index < -0.39 is 68.2 Å². The Kier molecular flexibility index (Phi) is 12.6. The molecule has 3 aliphatic rings. The van der Waals surface area contributed by atoms with E-state index in [0.717, 1.165) is 12.1 Å². The van der Waals surface area contributed by atoms with Crippen LogP contribution in [0.2, 0.25) is 0 Å². The molecule has 2 amide bonds. The summed E-state index contributed by atoms with van der Waals surface area (Å²) in [4.78, 5) is 62.6. The minimum Gasteiger partial charge on any atom is -0.495 e. The van der Waals surface area contributed by atoms with Gasteiger partial charge < -0.3 is 19.1 Å². The first-order chi connectivity index (χ1) is 25.9. The fourth-order valence-corrected chi connectivity index (χ4v) is 9.47. The molecule has 2 saturated carbocycles. The first-order valence-corrected chi connectivity index (χ1v) is 21.8. The van der Waals surface area contributed by atoms with Gasteiger partial charge in [-0.05, 0) is 92.8 Å². The number of likely N-dealkylation sites (tertiary alicyclic amines) is 1. The number of halogens is 1. The molecular formula is C41H58BrN3O10S. The van der Waals surface area contributed by atoms with Crippen molar-refractivity contribution in [2.75, 3.05) is 13.7 Å². The minimum atomic E-state index is -4.41. The number of nitrogens with one attached hydrogen (secondary N) is 1. The van der Waals surface area contributed by atoms with Crippen molar-refractivity contribution in [3.63, 3.8) is 0 Å². The highest BCUT2D eigenvalue weighted by molar-refractivity contribution is 9.10. The van der Waals surface area contributed by atoms with E-state index in [-0.39, 0.29) is 37.5 Å². The Morgan fingerprint density at radius 2 is 1.75 bits per heavy atom. The zero-order chi connectivity index (χ0) is 41.6. The maximum absolute atomic E-state index is 14.7. The number of pyridine rings is 1. The minimum absolute atomic E-state index is 0.0393. The lowest BCUT2D eigenvalue weighted by Crippen LogP contribution is -2.49. The average Bonchev–Trinajstić information content (AvgIpc) is 3.94. The van der Waals surface area contributed by atoms with Gasteiger partial charge >= 0.3 is 16.3 Å². The molecule has 3 fully saturated rings. The molecule has 15 heteroatoms. The second kappa shape index (κ2) is 16.2. The zero-order valence-electron chi connectivity index (χ0n) is 34.4. The second-order valence-electron chi connectivity index (χ2n) is 18.1. The number of rotatable bonds is 16. The molecular weight excluding hydrogens is 806 g/mol. The number of hydrogen-bond acceptors (Lipinski definition) is 11. The van der Waals surface area contributed by atoms with Crippen LogP contribution in [0.3, 0.4) is 0 Å². The first kappa shape index (κ1) is 43.8. The van der Waals surface area contributed by atoms with Gasteiger partial charge in [0, 0.05) is 30.0 Å². The first-order valence-electron chi connectivity index (χ1n) is 19.6. The van der Waals surface area contributed by atoms with Crippen molar-refractivity contribution in [1.29, 1.82) is 0 Å². The average molecular weight is 865 g/mol. The van der Waals surface area contributed by atoms with Gasteiger partial charge in [-0.25, -0.2) is 8.91 Å². The molecule has 310 valence electrons. The number of ketones is 1. The number of fused-ring (bicyclic) bond motifs is 1. The van der Waals surface area contributed by atoms with Crippen molar-refractivity contribution in [3.05, 3.63) is 28.4 Å². The number of ether oxygens (including phenoxy) is 3. The van der Waals surface area contributed by atoms with Crippen LogP contribution in [0, 0.1) is 22.7 Å². The summed E-state index contributed by atoms with van der Waals surface area (Å²) in [5, 5.41) is 0.713. The number of carbonyl (C=O) groups excluding carboxylic acids is 4. The predicted octanol–water partition coefficient (Wildman–Crippen LogP) is 7.01. The Morgan fingerprint density at radius 3 is 2.30 bits per heavy atom. The fraction of sp³-hybridized carbons (Fsp3) is 0.683. The summed E-state index contributed by atoms with van der Waals surface area (Å²) in [6, 6.07) is 4.54. The van der Waals surface area contributed by atoms with Gasteiger partial charge in [-0.1, -0.05) is 47.5 Å². The van der Waals surface area contributed by atoms with Crippen LogP contribution in [-0.2, 0) is 44.8 Å². The van der Waals surface area contributed by atoms with Crippen molar-refractivity contribution in [3.8, 4) is 11.5 Å². The van der Waals surface area contributed by atoms with Crippen molar-refractivity contribution in [2.24, 2.45) is 22.7 Å². The van der Waals surface area contributed by atoms with Crippen LogP contribution in [0.4, 0.5) is 0 Å². The Bertz CT molecular complexity index is 1970. The van der Waals surface area contributed by atoms with Crippen LogP contribution in [0.15, 0.2) is 22.7 Å². The smallest absolute Gasteiger partial charge is 0.362 e. The van der Waals surface area contributed by atoms with E-state index in [1.807, 2.05) is 45.9 Å². The van der Waals surface area contributed by atoms with E-state index in [2.05, 4.69) is 27.6 Å². The lowest BCUT2D eigenvalue weighted by atomic mass is 9.77. The van der Waals surface area contributed by atoms with Crippen LogP contribution in [0.1, 0.15) is 119 Å². The molecule has 0 radical (unpaired) electrons. The van der Waals surface area contributed by atoms with E-state index in [4.69, 9.17) is 23.4 Å². The van der Waals surface area contributed by atoms with Gasteiger partial charge in [0.2, 0.25) is 11.8 Å². The van der Waals surface area contributed by atoms with E-state index in [9.17, 15) is 27.6 Å². The van der Waals surface area contributed by atoms with Gasteiger partial charge in [-0.2, -0.15) is 8.42 Å². The van der Waals surface area contributed by atoms with Crippen LogP contribution >= 0.6 is 15.9 Å². The standard InChI is InChI=1S/C41H58BrN3O10S/c1-11-13-25-18-32(27-14-15-31(52-10)34(42)35(27)43-25)53-26-19-29(45(23-26)36(48)28(38(3,4)5)20-33(47)54-39(6,7)8)30(46)22-41(21-24(41)12-2)37(49)44-56(50,51)55-40(9)16-17-40/h14-15,18,24,26,28-29H,11-13,16-17,19-23H2,1-10H3,(H,44,49)/t24-,26-,28-,29+,41-/m1/s1. The summed E-state index contributed by atoms with van der Waals surface area (Å²) in [7, 11) is -2.84. The summed E-state index contributed by atoms with van der Waals surface area (Å²) in [6.45, 7) is 16.5. The molecule has 2 aliphatic carbocycles. The number of amides is 2. The normalized spacial score (nSPS) is 23.7. The molecule has 13 nitrogen and oxygen atoms in total. The molecule has 0 spiro atoms. The van der Waals surface area contributed by atoms with Crippen LogP contribution in [-0.4, -0.2) is 78.9 Å². The monoisotopic (exact) mass is 863 g/mol. The van der Waals surface area contributed by atoms with Crippen molar-refractivity contribution >= 4 is 60.7 Å². The third-order valence-electron chi connectivity index (χ3n) is 11.1. The number of benzene rings is 1. The molecule has 2 aromatic rings. The van der Waals surface area contributed by atoms with Gasteiger partial charge in [-0.3, -0.25) is 24.2 Å². The zero-order valence-corrected chi connectivity index (χ0v) is 36.8. The van der Waals surface area contributed by atoms with Crippen molar-refractivity contribution in [1.82, 2.24) is 14.6 Å². The highest BCUT2D eigenvalue weighted by atomic mass is 79.9. The van der Waals surface area contributed by atoms with Gasteiger partial charge in [-0.15, -0.1) is 0 Å². The summed E-state index contributed by atoms with van der Waals surface area (Å²) in [5.74, 6) is -2.04. The van der Waals surface area contributed by atoms with Crippen molar-refractivity contribution in [2.45, 2.75) is 143 Å². The molecule has 0 unspecified atom stereocenters. The maximum Gasteiger partial charge on any atom is 0.362 e. The number of Topliss-reactive ketones (excluding diaryl/α,β-unsaturated/α-hetero) is 1. The Morgan fingerprint density at radius 1 is 1.07 bits per heavy atom. The number of aryl methyl sites for hydroxylation is 1. The van der Waals surface area contributed by atoms with E-state index in [0.29, 0.717) is 59.0 Å². The molecule has 5 rings (SSSR count). The molecule has 56 heavy (non-hydrogen) atoms. The third kappa shape index (κ3) is 10.0. The lowest BCUT2D eigenvalue weighted by molar-refractivity contribution is -0.161. The fourth-order valence-electron chi connectivity index (χ4n) is 7.70. The number of esters is 1. The van der Waals surface area contributed by atoms with Gasteiger partial charge in [0.05, 0.1) is 53.0 Å². The largest absolute Gasteiger partial charge is 0.495 e. The summed E-state index contributed by atoms with van der Waals surface area (Å²) in [6.07, 6.45) is 2.51. The Labute approximate surface area is 339 Å². The van der Waals surface area contributed by atoms with E-state index in [1.54, 1.807) is 34.8 Å². The Hall–Kier alpha value is -3.30.